The minimum atomic E-state index is -4.96. The first-order valence-corrected chi connectivity index (χ1v) is 42.9. The summed E-state index contributed by atoms with van der Waals surface area (Å²) in [7, 11) is -9.91. The van der Waals surface area contributed by atoms with Crippen LogP contribution in [-0.4, -0.2) is 96.7 Å². The molecule has 0 saturated carbocycles. The summed E-state index contributed by atoms with van der Waals surface area (Å²) in [5.41, 5.74) is 0. The number of aliphatic hydroxyl groups excluding tert-OH is 1. The Balaban J connectivity index is 5.22. The van der Waals surface area contributed by atoms with E-state index >= 15 is 0 Å². The van der Waals surface area contributed by atoms with Crippen LogP contribution in [0.4, 0.5) is 0 Å². The maximum Gasteiger partial charge on any atom is 0.472 e. The lowest BCUT2D eigenvalue weighted by Crippen LogP contribution is -2.30. The van der Waals surface area contributed by atoms with Gasteiger partial charge in [-0.2, -0.15) is 0 Å². The summed E-state index contributed by atoms with van der Waals surface area (Å²) in [5, 5.41) is 10.6. The first-order valence-electron chi connectivity index (χ1n) is 39.9. The highest BCUT2D eigenvalue weighted by Crippen LogP contribution is 2.45. The van der Waals surface area contributed by atoms with E-state index in [1.165, 1.54) is 199 Å². The van der Waals surface area contributed by atoms with Crippen molar-refractivity contribution in [3.63, 3.8) is 0 Å². The lowest BCUT2D eigenvalue weighted by molar-refractivity contribution is -0.161. The highest BCUT2D eigenvalue weighted by atomic mass is 31.2. The van der Waals surface area contributed by atoms with Crippen molar-refractivity contribution in [2.45, 2.75) is 414 Å². The minimum Gasteiger partial charge on any atom is -0.462 e. The Hall–Kier alpha value is -1.94. The van der Waals surface area contributed by atoms with E-state index in [0.717, 1.165) is 114 Å². The Morgan fingerprint density at radius 1 is 0.302 bits per heavy atom. The van der Waals surface area contributed by atoms with Crippen LogP contribution in [0, 0.1) is 17.8 Å². The second kappa shape index (κ2) is 67.5. The van der Waals surface area contributed by atoms with Crippen LogP contribution in [0.3, 0.4) is 0 Å². The van der Waals surface area contributed by atoms with Crippen molar-refractivity contribution in [1.82, 2.24) is 0 Å². The van der Waals surface area contributed by atoms with Crippen molar-refractivity contribution in [3.8, 4) is 0 Å². The van der Waals surface area contributed by atoms with E-state index in [9.17, 15) is 43.2 Å². The van der Waals surface area contributed by atoms with Crippen LogP contribution < -0.4 is 0 Å². The van der Waals surface area contributed by atoms with Crippen LogP contribution in [0.5, 0.6) is 0 Å². The van der Waals surface area contributed by atoms with Gasteiger partial charge in [-0.15, -0.1) is 0 Å². The molecular formula is C77H150O17P2. The molecule has 3 N–H and O–H groups in total. The molecule has 0 rings (SSSR count). The lowest BCUT2D eigenvalue weighted by Gasteiger charge is -2.21. The Morgan fingerprint density at radius 3 is 0.792 bits per heavy atom. The van der Waals surface area contributed by atoms with Gasteiger partial charge in [0.2, 0.25) is 0 Å². The number of phosphoric ester groups is 2. The largest absolute Gasteiger partial charge is 0.472 e. The normalized spacial score (nSPS) is 14.3. The van der Waals surface area contributed by atoms with Gasteiger partial charge >= 0.3 is 39.5 Å². The monoisotopic (exact) mass is 1410 g/mol. The number of ether oxygens (including phenoxy) is 4. The number of hydrogen-bond donors (Lipinski definition) is 3. The van der Waals surface area contributed by atoms with Gasteiger partial charge in [-0.3, -0.25) is 37.3 Å². The van der Waals surface area contributed by atoms with Crippen molar-refractivity contribution in [2.75, 3.05) is 39.6 Å². The van der Waals surface area contributed by atoms with Gasteiger partial charge in [0, 0.05) is 25.7 Å². The molecule has 0 spiro atoms. The molecule has 6 atom stereocenters. The van der Waals surface area contributed by atoms with Crippen LogP contribution in [0.2, 0.25) is 0 Å². The Labute approximate surface area is 588 Å². The predicted octanol–water partition coefficient (Wildman–Crippen LogP) is 22.6. The molecule has 0 aliphatic heterocycles. The fourth-order valence-corrected chi connectivity index (χ4v) is 13.3. The highest BCUT2D eigenvalue weighted by Gasteiger charge is 2.30. The number of hydrogen-bond acceptors (Lipinski definition) is 15. The van der Waals surface area contributed by atoms with E-state index in [4.69, 9.17) is 37.0 Å². The molecule has 0 aromatic carbocycles. The van der Waals surface area contributed by atoms with Crippen LogP contribution in [-0.2, 0) is 65.4 Å². The van der Waals surface area contributed by atoms with Gasteiger partial charge in [-0.25, -0.2) is 9.13 Å². The van der Waals surface area contributed by atoms with Crippen molar-refractivity contribution in [2.24, 2.45) is 17.8 Å². The van der Waals surface area contributed by atoms with Crippen LogP contribution >= 0.6 is 15.6 Å². The van der Waals surface area contributed by atoms with Gasteiger partial charge in [0.05, 0.1) is 26.4 Å². The fourth-order valence-electron chi connectivity index (χ4n) is 11.7. The molecular weight excluding hydrogens is 1260 g/mol. The molecule has 17 nitrogen and oxygen atoms in total. The summed E-state index contributed by atoms with van der Waals surface area (Å²) in [6.07, 6.45) is 54.0. The molecule has 570 valence electrons. The Bertz CT molecular complexity index is 1870. The molecule has 3 unspecified atom stereocenters. The summed E-state index contributed by atoms with van der Waals surface area (Å²) in [4.78, 5) is 72.8. The standard InChI is InChI=1S/C77H150O17P2/c1-8-10-11-12-13-37-44-51-58-74(79)87-64-72(93-77(82)61-54-47-40-33-27-21-19-23-29-35-42-49-56-69(5)6)66-91-95(83,84)89-62-71(78)63-90-96(85,86)92-67-73(65-88-75(80)59-52-45-38-31-25-20-18-22-28-34-41-48-55-68(3)4)94-76(81)60-53-46-39-32-26-17-15-14-16-24-30-36-43-50-57-70(7)9-2/h68-73,78H,8-67H2,1-7H3,(H,83,84)(H,85,86)/t70?,71-,72+,73+/m0/s1. The quantitative estimate of drug-likeness (QED) is 0.0222. The van der Waals surface area contributed by atoms with Crippen molar-refractivity contribution in [3.05, 3.63) is 0 Å². The third-order valence-electron chi connectivity index (χ3n) is 18.2. The minimum absolute atomic E-state index is 0.107. The molecule has 0 radical (unpaired) electrons. The second-order valence-electron chi connectivity index (χ2n) is 28.9. The van der Waals surface area contributed by atoms with Crippen molar-refractivity contribution in [1.29, 1.82) is 0 Å². The first kappa shape index (κ1) is 94.1. The van der Waals surface area contributed by atoms with Gasteiger partial charge in [0.1, 0.15) is 19.3 Å². The van der Waals surface area contributed by atoms with Crippen LogP contribution in [0.15, 0.2) is 0 Å². The van der Waals surface area contributed by atoms with E-state index in [-0.39, 0.29) is 25.7 Å². The number of carbonyl (C=O) groups is 4. The average Bonchev–Trinajstić information content (AvgIpc) is 1.31. The van der Waals surface area contributed by atoms with Gasteiger partial charge in [-0.1, -0.05) is 344 Å². The van der Waals surface area contributed by atoms with E-state index < -0.39 is 97.5 Å². The summed E-state index contributed by atoms with van der Waals surface area (Å²) < 4.78 is 68.5. The van der Waals surface area contributed by atoms with E-state index in [0.29, 0.717) is 25.7 Å². The zero-order chi connectivity index (χ0) is 70.9. The summed E-state index contributed by atoms with van der Waals surface area (Å²) in [6, 6.07) is 0. The molecule has 0 saturated heterocycles. The fraction of sp³-hybridized carbons (Fsp3) is 0.948. The molecule has 0 aromatic heterocycles. The molecule has 0 bridgehead atoms. The number of phosphoric acid groups is 2. The van der Waals surface area contributed by atoms with E-state index in [1.54, 1.807) is 0 Å². The number of aliphatic hydroxyl groups is 1. The number of rotatable bonds is 75. The molecule has 0 aromatic rings. The topological polar surface area (TPSA) is 237 Å². The Morgan fingerprint density at radius 2 is 0.531 bits per heavy atom. The SMILES string of the molecule is CCCCCCCCCCC(=O)OC[C@H](COP(=O)(O)OC[C@H](O)COP(=O)(O)OC[C@@H](COC(=O)CCCCCCCCCCCCCCC(C)C)OC(=O)CCCCCCCCCCCCCCCCC(C)CC)OC(=O)CCCCCCCCCCCCCCC(C)C. The lowest BCUT2D eigenvalue weighted by atomic mass is 9.99. The first-order chi connectivity index (χ1) is 46.3. The molecule has 0 amide bonds. The number of esters is 4. The molecule has 0 aliphatic carbocycles. The molecule has 0 fully saturated rings. The molecule has 0 aliphatic rings. The van der Waals surface area contributed by atoms with E-state index in [2.05, 4.69) is 48.5 Å². The molecule has 96 heavy (non-hydrogen) atoms. The number of unbranched alkanes of at least 4 members (excludes halogenated alkanes) is 42. The Kier molecular flexibility index (Phi) is 66.2. The van der Waals surface area contributed by atoms with Crippen molar-refractivity contribution < 1.29 is 80.2 Å². The smallest absolute Gasteiger partial charge is 0.462 e. The number of carbonyl (C=O) groups excluding carboxylic acids is 4. The summed E-state index contributed by atoms with van der Waals surface area (Å²) in [5.74, 6) is 0.287. The van der Waals surface area contributed by atoms with Gasteiger partial charge in [0.25, 0.3) is 0 Å². The second-order valence-corrected chi connectivity index (χ2v) is 31.8. The summed E-state index contributed by atoms with van der Waals surface area (Å²) >= 11 is 0. The van der Waals surface area contributed by atoms with Gasteiger partial charge in [0.15, 0.2) is 12.2 Å². The maximum atomic E-state index is 13.1. The van der Waals surface area contributed by atoms with Crippen LogP contribution in [0.25, 0.3) is 0 Å². The summed E-state index contributed by atoms with van der Waals surface area (Å²) in [6.45, 7) is 12.0. The highest BCUT2D eigenvalue weighted by molar-refractivity contribution is 7.47. The van der Waals surface area contributed by atoms with Gasteiger partial charge in [-0.05, 0) is 43.4 Å². The third kappa shape index (κ3) is 69.2. The van der Waals surface area contributed by atoms with Crippen molar-refractivity contribution >= 4 is 39.5 Å². The average molecular weight is 1410 g/mol. The molecule has 19 heteroatoms. The van der Waals surface area contributed by atoms with E-state index in [1.807, 2.05) is 0 Å². The van der Waals surface area contributed by atoms with Gasteiger partial charge < -0.3 is 33.8 Å². The molecule has 0 heterocycles. The zero-order valence-electron chi connectivity index (χ0n) is 62.8. The van der Waals surface area contributed by atoms with Crippen LogP contribution in [0.1, 0.15) is 395 Å². The zero-order valence-corrected chi connectivity index (χ0v) is 64.6. The predicted molar refractivity (Wildman–Crippen MR) is 391 cm³/mol. The maximum absolute atomic E-state index is 13.1. The third-order valence-corrected chi connectivity index (χ3v) is 20.1.